The fraction of sp³-hybridized carbons (Fsp3) is 1.00. The summed E-state index contributed by atoms with van der Waals surface area (Å²) in [6, 6.07) is 0. The molecule has 0 saturated heterocycles. The topological polar surface area (TPSA) is 3.24 Å². The first-order valence-electron chi connectivity index (χ1n) is 15.2. The van der Waals surface area contributed by atoms with E-state index in [1.165, 1.54) is 166 Å². The number of rotatable bonds is 26. The van der Waals surface area contributed by atoms with Crippen molar-refractivity contribution in [2.45, 2.75) is 150 Å². The minimum atomic E-state index is 0. The molecular formula is C30H65N2Pd+. The normalized spacial score (nSPS) is 11.8. The van der Waals surface area contributed by atoms with E-state index in [9.17, 15) is 0 Å². The van der Waals surface area contributed by atoms with Gasteiger partial charge in [-0.25, -0.2) is 0 Å². The summed E-state index contributed by atoms with van der Waals surface area (Å²) in [5.41, 5.74) is 0. The second-order valence-corrected chi connectivity index (χ2v) is 10.6. The second kappa shape index (κ2) is 27.2. The van der Waals surface area contributed by atoms with Gasteiger partial charge in [-0.3, -0.25) is 4.90 Å². The fourth-order valence-electron chi connectivity index (χ4n) is 5.25. The van der Waals surface area contributed by atoms with Crippen LogP contribution in [0.1, 0.15) is 150 Å². The van der Waals surface area contributed by atoms with Crippen molar-refractivity contribution in [1.29, 1.82) is 0 Å². The molecule has 2 nitrogen and oxygen atoms in total. The van der Waals surface area contributed by atoms with Crippen molar-refractivity contribution in [1.82, 2.24) is 4.90 Å². The van der Waals surface area contributed by atoms with Gasteiger partial charge in [-0.2, -0.15) is 0 Å². The van der Waals surface area contributed by atoms with E-state index in [4.69, 9.17) is 0 Å². The van der Waals surface area contributed by atoms with Gasteiger partial charge in [0, 0.05) is 27.0 Å². The van der Waals surface area contributed by atoms with Crippen molar-refractivity contribution in [3.63, 3.8) is 0 Å². The average Bonchev–Trinajstić information content (AvgIpc) is 2.81. The van der Waals surface area contributed by atoms with E-state index in [0.717, 1.165) is 0 Å². The third-order valence-corrected chi connectivity index (χ3v) is 7.74. The smallest absolute Gasteiger partial charge is 0.0915 e. The summed E-state index contributed by atoms with van der Waals surface area (Å²) in [4.78, 5) is 2.66. The molecule has 0 amide bonds. The monoisotopic (exact) mass is 559 g/mol. The standard InChI is InChI=1S/C30H65N2.Pd/c1-6-11-14-17-20-23-27-32(30-26-31(9-4)10-5,28-24-21-18-15-12-7-2)29-25-22-19-16-13-8-3;/h6-30H2,1-5H3;/q+1;. The summed E-state index contributed by atoms with van der Waals surface area (Å²) in [6.45, 7) is 21.1. The minimum absolute atomic E-state index is 0. The largest absolute Gasteiger partial charge is 0.323 e. The summed E-state index contributed by atoms with van der Waals surface area (Å²) in [6.07, 6.45) is 25.8. The van der Waals surface area contributed by atoms with Crippen LogP contribution in [0.15, 0.2) is 0 Å². The SMILES string of the molecule is CCCCCCCC[N+](CCCCCCCC)(CCCCCCCC)CCN(CC)CC.[Pd]. The van der Waals surface area contributed by atoms with Crippen LogP contribution >= 0.6 is 0 Å². The molecule has 0 heterocycles. The van der Waals surface area contributed by atoms with Crippen LogP contribution in [0.2, 0.25) is 0 Å². The van der Waals surface area contributed by atoms with Crippen molar-refractivity contribution >= 4 is 0 Å². The number of likely N-dealkylation sites (N-methyl/N-ethyl adjacent to an activating group) is 1. The van der Waals surface area contributed by atoms with Crippen LogP contribution in [0, 0.1) is 0 Å². The molecular weight excluding hydrogens is 495 g/mol. The third-order valence-electron chi connectivity index (χ3n) is 7.74. The van der Waals surface area contributed by atoms with E-state index in [-0.39, 0.29) is 20.4 Å². The molecule has 3 heteroatoms. The van der Waals surface area contributed by atoms with Gasteiger partial charge in [0.2, 0.25) is 0 Å². The van der Waals surface area contributed by atoms with Crippen molar-refractivity contribution in [2.75, 3.05) is 45.8 Å². The average molecular weight is 560 g/mol. The number of hydrogen-bond donors (Lipinski definition) is 0. The molecule has 0 aromatic carbocycles. The molecule has 0 aliphatic carbocycles. The molecule has 0 saturated carbocycles. The van der Waals surface area contributed by atoms with Gasteiger partial charge in [-0.1, -0.05) is 112 Å². The molecule has 0 fully saturated rings. The van der Waals surface area contributed by atoms with Crippen LogP contribution in [0.3, 0.4) is 0 Å². The quantitative estimate of drug-likeness (QED) is 0.0579. The Morgan fingerprint density at radius 1 is 0.394 bits per heavy atom. The maximum absolute atomic E-state index is 2.66. The maximum atomic E-state index is 2.66. The summed E-state index contributed by atoms with van der Waals surface area (Å²) >= 11 is 0. The second-order valence-electron chi connectivity index (χ2n) is 10.6. The van der Waals surface area contributed by atoms with Crippen molar-refractivity contribution in [2.24, 2.45) is 0 Å². The first-order chi connectivity index (χ1) is 15.7. The molecule has 0 atom stereocenters. The van der Waals surface area contributed by atoms with Crippen molar-refractivity contribution in [3.8, 4) is 0 Å². The van der Waals surface area contributed by atoms with E-state index in [0.29, 0.717) is 0 Å². The van der Waals surface area contributed by atoms with Crippen LogP contribution in [-0.4, -0.2) is 55.2 Å². The Bertz CT molecular complexity index is 316. The Kier molecular flexibility index (Phi) is 29.4. The Morgan fingerprint density at radius 2 is 0.697 bits per heavy atom. The van der Waals surface area contributed by atoms with Crippen LogP contribution in [-0.2, 0) is 20.4 Å². The zero-order valence-corrected chi connectivity index (χ0v) is 25.4. The Balaban J connectivity index is 0. The van der Waals surface area contributed by atoms with E-state index in [1.54, 1.807) is 0 Å². The molecule has 33 heavy (non-hydrogen) atoms. The molecule has 0 aromatic heterocycles. The molecule has 0 unspecified atom stereocenters. The first-order valence-corrected chi connectivity index (χ1v) is 15.2. The predicted molar refractivity (Wildman–Crippen MR) is 148 cm³/mol. The molecule has 0 aliphatic rings. The van der Waals surface area contributed by atoms with Crippen molar-refractivity contribution < 1.29 is 24.9 Å². The molecule has 0 aliphatic heterocycles. The minimum Gasteiger partial charge on any atom is -0.323 e. The van der Waals surface area contributed by atoms with Gasteiger partial charge < -0.3 is 4.48 Å². The van der Waals surface area contributed by atoms with Crippen LogP contribution < -0.4 is 0 Å². The number of nitrogens with zero attached hydrogens (tertiary/aromatic N) is 2. The maximum Gasteiger partial charge on any atom is 0.0915 e. The number of hydrogen-bond acceptors (Lipinski definition) is 1. The zero-order valence-electron chi connectivity index (χ0n) is 23.9. The summed E-state index contributed by atoms with van der Waals surface area (Å²) in [5, 5.41) is 0. The Hall–Kier alpha value is 0.582. The third kappa shape index (κ3) is 21.6. The summed E-state index contributed by atoms with van der Waals surface area (Å²) < 4.78 is 1.42. The van der Waals surface area contributed by atoms with E-state index in [1.807, 2.05) is 0 Å². The zero-order chi connectivity index (χ0) is 23.8. The van der Waals surface area contributed by atoms with Gasteiger partial charge in [-0.05, 0) is 51.6 Å². The van der Waals surface area contributed by atoms with Gasteiger partial charge in [0.15, 0.2) is 0 Å². The summed E-state index contributed by atoms with van der Waals surface area (Å²) in [7, 11) is 0. The van der Waals surface area contributed by atoms with Crippen LogP contribution in [0.25, 0.3) is 0 Å². The van der Waals surface area contributed by atoms with E-state index < -0.39 is 0 Å². The Morgan fingerprint density at radius 3 is 1.00 bits per heavy atom. The number of unbranched alkanes of at least 4 members (excludes halogenated alkanes) is 15. The van der Waals surface area contributed by atoms with E-state index >= 15 is 0 Å². The van der Waals surface area contributed by atoms with Crippen LogP contribution in [0.4, 0.5) is 0 Å². The molecule has 0 bridgehead atoms. The molecule has 0 spiro atoms. The molecule has 0 radical (unpaired) electrons. The number of quaternary nitrogens is 1. The molecule has 0 rings (SSSR count). The first kappa shape index (κ1) is 35.7. The van der Waals surface area contributed by atoms with E-state index in [2.05, 4.69) is 39.5 Å². The van der Waals surface area contributed by atoms with Crippen molar-refractivity contribution in [3.05, 3.63) is 0 Å². The van der Waals surface area contributed by atoms with Gasteiger partial charge in [0.25, 0.3) is 0 Å². The summed E-state index contributed by atoms with van der Waals surface area (Å²) in [5.74, 6) is 0. The van der Waals surface area contributed by atoms with Crippen LogP contribution in [0.5, 0.6) is 0 Å². The van der Waals surface area contributed by atoms with Gasteiger partial charge in [0.1, 0.15) is 0 Å². The van der Waals surface area contributed by atoms with Gasteiger partial charge in [-0.15, -0.1) is 0 Å². The van der Waals surface area contributed by atoms with Gasteiger partial charge in [0.05, 0.1) is 26.2 Å². The molecule has 0 aromatic rings. The van der Waals surface area contributed by atoms with Gasteiger partial charge >= 0.3 is 0 Å². The Labute approximate surface area is 225 Å². The fourth-order valence-corrected chi connectivity index (χ4v) is 5.25. The molecule has 204 valence electrons. The molecule has 0 N–H and O–H groups in total. The predicted octanol–water partition coefficient (Wildman–Crippen LogP) is 9.22.